The van der Waals surface area contributed by atoms with Crippen molar-refractivity contribution in [1.82, 2.24) is 14.7 Å². The van der Waals surface area contributed by atoms with Gasteiger partial charge in [0.1, 0.15) is 6.04 Å². The maximum absolute atomic E-state index is 11.8. The summed E-state index contributed by atoms with van der Waals surface area (Å²) in [5, 5.41) is 13.9. The quantitative estimate of drug-likeness (QED) is 0.842. The molecule has 19 heavy (non-hydrogen) atoms. The number of thiazole rings is 1. The molecule has 2 heterocycles. The van der Waals surface area contributed by atoms with E-state index in [0.717, 1.165) is 12.8 Å². The molecule has 6 nitrogen and oxygen atoms in total. The van der Waals surface area contributed by atoms with E-state index in [0.29, 0.717) is 17.2 Å². The third-order valence-electron chi connectivity index (χ3n) is 3.22. The van der Waals surface area contributed by atoms with Gasteiger partial charge in [0.15, 0.2) is 4.96 Å². The highest BCUT2D eigenvalue weighted by atomic mass is 32.1. The van der Waals surface area contributed by atoms with E-state index in [4.69, 9.17) is 5.11 Å². The molecule has 0 aromatic carbocycles. The topological polar surface area (TPSA) is 83.7 Å². The van der Waals surface area contributed by atoms with Crippen LogP contribution >= 0.6 is 11.3 Å². The smallest absolute Gasteiger partial charge is 0.320 e. The summed E-state index contributed by atoms with van der Waals surface area (Å²) in [4.78, 5) is 27.8. The highest BCUT2D eigenvalue weighted by Crippen LogP contribution is 2.32. The Bertz CT molecular complexity index is 674. The lowest BCUT2D eigenvalue weighted by atomic mass is 10.2. The van der Waals surface area contributed by atoms with Crippen LogP contribution in [0.2, 0.25) is 0 Å². The van der Waals surface area contributed by atoms with Crippen molar-refractivity contribution in [3.05, 3.63) is 33.7 Å². The van der Waals surface area contributed by atoms with Gasteiger partial charge in [0, 0.05) is 24.2 Å². The van der Waals surface area contributed by atoms with Crippen molar-refractivity contribution in [2.24, 2.45) is 5.92 Å². The number of fused-ring (bicyclic) bond motifs is 1. The number of rotatable bonds is 5. The van der Waals surface area contributed by atoms with Gasteiger partial charge < -0.3 is 5.11 Å². The lowest BCUT2D eigenvalue weighted by Gasteiger charge is -2.12. The Hall–Kier alpha value is -1.73. The van der Waals surface area contributed by atoms with Gasteiger partial charge in [0.05, 0.1) is 5.69 Å². The van der Waals surface area contributed by atoms with Crippen LogP contribution in [0.3, 0.4) is 0 Å². The number of aliphatic carboxylic acids is 1. The van der Waals surface area contributed by atoms with Crippen molar-refractivity contribution in [3.63, 3.8) is 0 Å². The standard InChI is InChI=1S/C12H13N3O3S/c16-9-5-8(14-12-15(9)3-4-19-12)6-13-10(11(17)18)7-1-2-7/h3-5,7,10,13H,1-2,6H2,(H,17,18). The van der Waals surface area contributed by atoms with E-state index in [-0.39, 0.29) is 11.5 Å². The SMILES string of the molecule is O=C(O)C(NCc1cc(=O)n2ccsc2n1)C1CC1. The molecule has 3 rings (SSSR count). The predicted octanol–water partition coefficient (Wildman–Crippen LogP) is 0.709. The van der Waals surface area contributed by atoms with Gasteiger partial charge >= 0.3 is 5.97 Å². The van der Waals surface area contributed by atoms with Crippen LogP contribution in [0.25, 0.3) is 4.96 Å². The molecular formula is C12H13N3O3S. The first-order valence-electron chi connectivity index (χ1n) is 6.07. The molecule has 1 fully saturated rings. The van der Waals surface area contributed by atoms with Gasteiger partial charge in [-0.3, -0.25) is 19.3 Å². The van der Waals surface area contributed by atoms with Crippen molar-refractivity contribution in [1.29, 1.82) is 0 Å². The summed E-state index contributed by atoms with van der Waals surface area (Å²) in [6, 6.07) is 0.905. The van der Waals surface area contributed by atoms with E-state index in [9.17, 15) is 9.59 Å². The largest absolute Gasteiger partial charge is 0.480 e. The molecule has 1 atom stereocenters. The van der Waals surface area contributed by atoms with E-state index in [1.807, 2.05) is 0 Å². The summed E-state index contributed by atoms with van der Waals surface area (Å²) in [5.41, 5.74) is 0.445. The fourth-order valence-electron chi connectivity index (χ4n) is 2.08. The highest BCUT2D eigenvalue weighted by molar-refractivity contribution is 7.15. The summed E-state index contributed by atoms with van der Waals surface area (Å²) >= 11 is 1.38. The second-order valence-corrected chi connectivity index (χ2v) is 5.55. The fourth-order valence-corrected chi connectivity index (χ4v) is 2.82. The molecule has 2 aromatic rings. The molecule has 0 aliphatic heterocycles. The van der Waals surface area contributed by atoms with E-state index < -0.39 is 12.0 Å². The molecular weight excluding hydrogens is 266 g/mol. The van der Waals surface area contributed by atoms with Crippen LogP contribution in [-0.4, -0.2) is 26.5 Å². The van der Waals surface area contributed by atoms with Crippen LogP contribution < -0.4 is 10.9 Å². The molecule has 0 spiro atoms. The zero-order chi connectivity index (χ0) is 13.4. The maximum Gasteiger partial charge on any atom is 0.320 e. The zero-order valence-corrected chi connectivity index (χ0v) is 10.9. The third kappa shape index (κ3) is 2.52. The van der Waals surface area contributed by atoms with Crippen LogP contribution in [0, 0.1) is 5.92 Å². The normalized spacial score (nSPS) is 16.6. The van der Waals surface area contributed by atoms with E-state index in [1.54, 1.807) is 11.6 Å². The first-order valence-corrected chi connectivity index (χ1v) is 6.95. The molecule has 0 amide bonds. The van der Waals surface area contributed by atoms with Gasteiger partial charge in [-0.25, -0.2) is 4.98 Å². The second-order valence-electron chi connectivity index (χ2n) is 4.68. The molecule has 7 heteroatoms. The lowest BCUT2D eigenvalue weighted by molar-refractivity contribution is -0.140. The number of hydrogen-bond donors (Lipinski definition) is 2. The summed E-state index contributed by atoms with van der Waals surface area (Å²) in [7, 11) is 0. The van der Waals surface area contributed by atoms with Gasteiger partial charge in [-0.05, 0) is 18.8 Å². The third-order valence-corrected chi connectivity index (χ3v) is 3.98. The Kier molecular flexibility index (Phi) is 3.08. The number of aromatic nitrogens is 2. The number of carbonyl (C=O) groups is 1. The predicted molar refractivity (Wildman–Crippen MR) is 70.3 cm³/mol. The monoisotopic (exact) mass is 279 g/mol. The minimum Gasteiger partial charge on any atom is -0.480 e. The number of hydrogen-bond acceptors (Lipinski definition) is 5. The van der Waals surface area contributed by atoms with E-state index in [2.05, 4.69) is 10.3 Å². The van der Waals surface area contributed by atoms with Crippen LogP contribution in [0.15, 0.2) is 22.4 Å². The lowest BCUT2D eigenvalue weighted by Crippen LogP contribution is -2.38. The number of nitrogens with one attached hydrogen (secondary N) is 1. The molecule has 0 bridgehead atoms. The number of carboxylic acids is 1. The zero-order valence-electron chi connectivity index (χ0n) is 10.1. The first-order chi connectivity index (χ1) is 9.15. The average molecular weight is 279 g/mol. The van der Waals surface area contributed by atoms with Crippen LogP contribution in [0.5, 0.6) is 0 Å². The Morgan fingerprint density at radius 1 is 1.63 bits per heavy atom. The van der Waals surface area contributed by atoms with Gasteiger partial charge in [0.25, 0.3) is 5.56 Å². The minimum absolute atomic E-state index is 0.138. The summed E-state index contributed by atoms with van der Waals surface area (Å²) in [5.74, 6) is -0.625. The highest BCUT2D eigenvalue weighted by Gasteiger charge is 2.35. The Morgan fingerprint density at radius 3 is 3.11 bits per heavy atom. The van der Waals surface area contributed by atoms with Crippen LogP contribution in [-0.2, 0) is 11.3 Å². The number of nitrogens with zero attached hydrogens (tertiary/aromatic N) is 2. The van der Waals surface area contributed by atoms with Gasteiger partial charge in [-0.2, -0.15) is 0 Å². The molecule has 2 aromatic heterocycles. The van der Waals surface area contributed by atoms with E-state index >= 15 is 0 Å². The molecule has 1 aliphatic rings. The Labute approximate surface area is 112 Å². The first kappa shape index (κ1) is 12.3. The van der Waals surface area contributed by atoms with Crippen molar-refractivity contribution in [3.8, 4) is 0 Å². The van der Waals surface area contributed by atoms with E-state index in [1.165, 1.54) is 21.8 Å². The molecule has 0 radical (unpaired) electrons. The van der Waals surface area contributed by atoms with Crippen molar-refractivity contribution in [2.45, 2.75) is 25.4 Å². The average Bonchev–Trinajstić information content (AvgIpc) is 3.06. The van der Waals surface area contributed by atoms with Crippen LogP contribution in [0.4, 0.5) is 0 Å². The van der Waals surface area contributed by atoms with Gasteiger partial charge in [-0.1, -0.05) is 0 Å². The van der Waals surface area contributed by atoms with Gasteiger partial charge in [0.2, 0.25) is 0 Å². The van der Waals surface area contributed by atoms with Gasteiger partial charge in [-0.15, -0.1) is 11.3 Å². The summed E-state index contributed by atoms with van der Waals surface area (Å²) in [6.45, 7) is 0.303. The number of carboxylic acid groups (broad SMARTS) is 1. The molecule has 100 valence electrons. The summed E-state index contributed by atoms with van der Waals surface area (Å²) < 4.78 is 1.48. The fraction of sp³-hybridized carbons (Fsp3) is 0.417. The molecule has 1 aliphatic carbocycles. The molecule has 2 N–H and O–H groups in total. The van der Waals surface area contributed by atoms with Crippen molar-refractivity contribution >= 4 is 22.3 Å². The minimum atomic E-state index is -0.837. The molecule has 1 unspecified atom stereocenters. The Morgan fingerprint density at radius 2 is 2.42 bits per heavy atom. The second kappa shape index (κ2) is 4.75. The Balaban J connectivity index is 1.77. The van der Waals surface area contributed by atoms with Crippen LogP contribution in [0.1, 0.15) is 18.5 Å². The molecule has 1 saturated carbocycles. The molecule has 0 saturated heterocycles. The van der Waals surface area contributed by atoms with Crippen molar-refractivity contribution in [2.75, 3.05) is 0 Å². The summed E-state index contributed by atoms with van der Waals surface area (Å²) in [6.07, 6.45) is 3.57. The van der Waals surface area contributed by atoms with Crippen molar-refractivity contribution < 1.29 is 9.90 Å². The maximum atomic E-state index is 11.8.